The third kappa shape index (κ3) is 30.4. The highest BCUT2D eigenvalue weighted by Crippen LogP contribution is 2.59. The number of hydrogen-bond donors (Lipinski definition) is 0. The second-order valence-corrected chi connectivity index (χ2v) is 14.0. The fourth-order valence-corrected chi connectivity index (χ4v) is 0.526. The van der Waals surface area contributed by atoms with Gasteiger partial charge in [0, 0.05) is 0 Å². The molecule has 0 heterocycles. The first-order valence-corrected chi connectivity index (χ1v) is 9.81. The van der Waals surface area contributed by atoms with Gasteiger partial charge in [-0.05, 0) is 12.9 Å². The van der Waals surface area contributed by atoms with E-state index in [-0.39, 0.29) is 13.1 Å². The van der Waals surface area contributed by atoms with Crippen LogP contribution in [0.4, 0.5) is 0 Å². The summed E-state index contributed by atoms with van der Waals surface area (Å²) < 4.78 is 0. The van der Waals surface area contributed by atoms with Crippen LogP contribution in [-0.4, -0.2) is 6.15 Å². The maximum Gasteiger partial charge on any atom is 0.373 e. The van der Waals surface area contributed by atoms with E-state index in [1.165, 1.54) is 19.3 Å². The molecule has 0 amide bonds. The SMILES string of the molecule is CCC1CC1.O=C=O.PP(P)P. The van der Waals surface area contributed by atoms with Crippen molar-refractivity contribution in [3.8, 4) is 0 Å². The van der Waals surface area contributed by atoms with Crippen LogP contribution >= 0.6 is 33.8 Å². The van der Waals surface area contributed by atoms with E-state index in [1.807, 2.05) is 0 Å². The van der Waals surface area contributed by atoms with Crippen molar-refractivity contribution in [1.29, 1.82) is 0 Å². The number of carbonyl (C=O) groups excluding carboxylic acids is 2. The van der Waals surface area contributed by atoms with Gasteiger partial charge in [-0.1, -0.05) is 26.2 Å². The summed E-state index contributed by atoms with van der Waals surface area (Å²) in [4.78, 5) is 16.2. The van der Waals surface area contributed by atoms with Crippen molar-refractivity contribution in [3.05, 3.63) is 0 Å². The summed E-state index contributed by atoms with van der Waals surface area (Å²) in [6.45, 7) is 2.39. The van der Waals surface area contributed by atoms with Gasteiger partial charge in [0.1, 0.15) is 0 Å². The number of rotatable bonds is 1. The van der Waals surface area contributed by atoms with Gasteiger partial charge in [-0.3, -0.25) is 0 Å². The van der Waals surface area contributed by atoms with Crippen LogP contribution in [-0.2, 0) is 9.59 Å². The Kier molecular flexibility index (Phi) is 15.7. The summed E-state index contributed by atoms with van der Waals surface area (Å²) in [6, 6.07) is 0. The van der Waals surface area contributed by atoms with Gasteiger partial charge in [0.2, 0.25) is 0 Å². The third-order valence-electron chi connectivity index (χ3n) is 1.27. The molecule has 2 nitrogen and oxygen atoms in total. The van der Waals surface area contributed by atoms with Gasteiger partial charge >= 0.3 is 6.15 Å². The van der Waals surface area contributed by atoms with Crippen molar-refractivity contribution in [2.75, 3.05) is 0 Å². The van der Waals surface area contributed by atoms with Crippen molar-refractivity contribution >= 4 is 39.9 Å². The van der Waals surface area contributed by atoms with Crippen LogP contribution in [0, 0.1) is 5.92 Å². The van der Waals surface area contributed by atoms with Crippen LogP contribution in [0.25, 0.3) is 0 Å². The molecule has 3 atom stereocenters. The smallest absolute Gasteiger partial charge is 0.186 e. The van der Waals surface area contributed by atoms with E-state index in [0.717, 1.165) is 5.92 Å². The number of hydrogen-bond acceptors (Lipinski definition) is 2. The van der Waals surface area contributed by atoms with Crippen molar-refractivity contribution in [2.45, 2.75) is 26.2 Å². The first kappa shape index (κ1) is 15.6. The van der Waals surface area contributed by atoms with Crippen molar-refractivity contribution in [2.24, 2.45) is 5.92 Å². The molecule has 1 fully saturated rings. The molecule has 0 radical (unpaired) electrons. The van der Waals surface area contributed by atoms with Crippen LogP contribution < -0.4 is 0 Å². The van der Waals surface area contributed by atoms with Crippen molar-refractivity contribution in [1.82, 2.24) is 0 Å². The van der Waals surface area contributed by atoms with Gasteiger partial charge in [0.15, 0.2) is 0 Å². The monoisotopic (exact) mass is 244 g/mol. The van der Waals surface area contributed by atoms with E-state index in [0.29, 0.717) is 0 Å². The molecule has 0 bridgehead atoms. The molecule has 72 valence electrons. The second-order valence-electron chi connectivity index (χ2n) is 2.38. The van der Waals surface area contributed by atoms with E-state index in [1.54, 1.807) is 0 Å². The Morgan fingerprint density at radius 2 is 1.58 bits per heavy atom. The molecule has 0 aliphatic heterocycles. The van der Waals surface area contributed by atoms with E-state index >= 15 is 0 Å². The molecule has 0 saturated heterocycles. The van der Waals surface area contributed by atoms with Crippen LogP contribution in [0.3, 0.4) is 0 Å². The van der Waals surface area contributed by atoms with E-state index < -0.39 is 0 Å². The Labute approximate surface area is 82.1 Å². The molecule has 0 aromatic heterocycles. The Bertz CT molecular complexity index is 116. The molecular weight excluding hydrogens is 228 g/mol. The van der Waals surface area contributed by atoms with E-state index in [2.05, 4.69) is 33.7 Å². The minimum Gasteiger partial charge on any atom is -0.186 e. The van der Waals surface area contributed by atoms with Gasteiger partial charge in [-0.15, -0.1) is 26.8 Å². The first-order chi connectivity index (χ1) is 5.58. The normalized spacial score (nSPS) is 13.4. The van der Waals surface area contributed by atoms with Crippen molar-refractivity contribution < 1.29 is 9.59 Å². The largest absolute Gasteiger partial charge is 0.373 e. The lowest BCUT2D eigenvalue weighted by Crippen LogP contribution is -1.59. The molecule has 0 aromatic rings. The zero-order valence-corrected chi connectivity index (χ0v) is 11.6. The highest BCUT2D eigenvalue weighted by Gasteiger charge is 2.17. The topological polar surface area (TPSA) is 34.1 Å². The fraction of sp³-hybridized carbons (Fsp3) is 0.833. The van der Waals surface area contributed by atoms with Gasteiger partial charge in [0.05, 0.1) is 0 Å². The lowest BCUT2D eigenvalue weighted by atomic mass is 10.3. The predicted molar refractivity (Wildman–Crippen MR) is 64.1 cm³/mol. The molecule has 1 aliphatic rings. The van der Waals surface area contributed by atoms with E-state index in [9.17, 15) is 0 Å². The van der Waals surface area contributed by atoms with Gasteiger partial charge in [-0.25, -0.2) is 0 Å². The van der Waals surface area contributed by atoms with Gasteiger partial charge in [0.25, 0.3) is 0 Å². The molecule has 1 rings (SSSR count). The highest BCUT2D eigenvalue weighted by molar-refractivity contribution is 8.65. The fourth-order valence-electron chi connectivity index (χ4n) is 0.526. The zero-order chi connectivity index (χ0) is 9.98. The average Bonchev–Trinajstić information content (AvgIpc) is 2.68. The first-order valence-electron chi connectivity index (χ1n) is 3.61. The molecule has 1 aliphatic carbocycles. The molecule has 3 unspecified atom stereocenters. The molecular formula is C6H16O2P4. The minimum absolute atomic E-state index is 0.130. The van der Waals surface area contributed by atoms with Crippen LogP contribution in [0.1, 0.15) is 26.2 Å². The Balaban J connectivity index is 0. The summed E-state index contributed by atoms with van der Waals surface area (Å²) in [5.41, 5.74) is 0. The minimum atomic E-state index is 0.130. The van der Waals surface area contributed by atoms with Crippen molar-refractivity contribution in [3.63, 3.8) is 0 Å². The summed E-state index contributed by atoms with van der Waals surface area (Å²) in [5, 5.41) is 0. The lowest BCUT2D eigenvalue weighted by Gasteiger charge is -1.81. The standard InChI is InChI=1S/C5H10.CO2.H6P4/c1-2-5-3-4-5;2-1-3;1-4(2)3/h5H,2-4H2,1H3;;1-3H2. The second kappa shape index (κ2) is 12.1. The van der Waals surface area contributed by atoms with Gasteiger partial charge < -0.3 is 0 Å². The zero-order valence-electron chi connectivity index (χ0n) is 7.19. The molecule has 1 saturated carbocycles. The average molecular weight is 244 g/mol. The van der Waals surface area contributed by atoms with E-state index in [4.69, 9.17) is 9.59 Å². The Morgan fingerprint density at radius 3 is 1.58 bits per heavy atom. The molecule has 0 N–H and O–H groups in total. The molecule has 0 spiro atoms. The third-order valence-corrected chi connectivity index (χ3v) is 1.27. The summed E-state index contributed by atoms with van der Waals surface area (Å²) in [6.07, 6.45) is 4.69. The Morgan fingerprint density at radius 1 is 1.33 bits per heavy atom. The lowest BCUT2D eigenvalue weighted by molar-refractivity contribution is -0.191. The molecule has 0 aromatic carbocycles. The summed E-state index contributed by atoms with van der Waals surface area (Å²) in [5.74, 6) is 1.13. The molecule has 6 heteroatoms. The van der Waals surface area contributed by atoms with Crippen LogP contribution in [0.5, 0.6) is 0 Å². The molecule has 12 heavy (non-hydrogen) atoms. The highest BCUT2D eigenvalue weighted by atomic mass is 32.7. The summed E-state index contributed by atoms with van der Waals surface area (Å²) >= 11 is 0. The maximum absolute atomic E-state index is 8.12. The van der Waals surface area contributed by atoms with Crippen LogP contribution in [0.15, 0.2) is 0 Å². The van der Waals surface area contributed by atoms with Gasteiger partial charge in [-0.2, -0.15) is 9.59 Å². The predicted octanol–water partition coefficient (Wildman–Crippen LogP) is 3.06. The Hall–Kier alpha value is 1.10. The quantitative estimate of drug-likeness (QED) is 0.664. The summed E-state index contributed by atoms with van der Waals surface area (Å²) in [7, 11) is 7.94. The van der Waals surface area contributed by atoms with Crippen LogP contribution in [0.2, 0.25) is 0 Å². The maximum atomic E-state index is 8.12.